The summed E-state index contributed by atoms with van der Waals surface area (Å²) in [5, 5.41) is 3.46. The highest BCUT2D eigenvalue weighted by molar-refractivity contribution is 7.89. The van der Waals surface area contributed by atoms with Gasteiger partial charge in [-0.15, -0.1) is 0 Å². The molecule has 1 aromatic carbocycles. The summed E-state index contributed by atoms with van der Waals surface area (Å²) in [7, 11) is -3.53. The molecule has 1 unspecified atom stereocenters. The molecule has 0 spiro atoms. The van der Waals surface area contributed by atoms with E-state index in [0.29, 0.717) is 24.7 Å². The number of rotatable bonds is 5. The third-order valence-corrected chi connectivity index (χ3v) is 7.61. The Labute approximate surface area is 182 Å². The number of sulfonamides is 1. The number of hydrogen-bond acceptors (Lipinski definition) is 3. The molecule has 1 saturated carbocycles. The average molecular weight is 440 g/mol. The molecule has 5 nitrogen and oxygen atoms in total. The molecule has 29 heavy (non-hydrogen) atoms. The quantitative estimate of drug-likeness (QED) is 0.737. The molecule has 161 valence electrons. The van der Waals surface area contributed by atoms with E-state index in [9.17, 15) is 13.2 Å². The molecule has 7 heteroatoms. The molecular formula is C22H32ClN2O3S. The van der Waals surface area contributed by atoms with E-state index in [1.54, 1.807) is 18.2 Å². The van der Waals surface area contributed by atoms with Gasteiger partial charge in [-0.3, -0.25) is 4.79 Å². The molecule has 1 heterocycles. The van der Waals surface area contributed by atoms with Gasteiger partial charge in [0.1, 0.15) is 0 Å². The van der Waals surface area contributed by atoms with E-state index >= 15 is 0 Å². The second kappa shape index (κ2) is 11.9. The predicted molar refractivity (Wildman–Crippen MR) is 118 cm³/mol. The number of nitrogens with zero attached hydrogens (tertiary/aromatic N) is 1. The minimum absolute atomic E-state index is 0. The number of benzene rings is 1. The monoisotopic (exact) mass is 439 g/mol. The van der Waals surface area contributed by atoms with E-state index in [4.69, 9.17) is 11.6 Å². The van der Waals surface area contributed by atoms with Crippen LogP contribution in [0.4, 0.5) is 0 Å². The van der Waals surface area contributed by atoms with Gasteiger partial charge >= 0.3 is 0 Å². The van der Waals surface area contributed by atoms with Crippen molar-refractivity contribution in [1.29, 1.82) is 0 Å². The van der Waals surface area contributed by atoms with Gasteiger partial charge in [0.25, 0.3) is 0 Å². The van der Waals surface area contributed by atoms with Crippen LogP contribution in [0.1, 0.15) is 51.4 Å². The first-order chi connectivity index (χ1) is 13.0. The third-order valence-electron chi connectivity index (χ3n) is 5.51. The van der Waals surface area contributed by atoms with Crippen molar-refractivity contribution in [2.24, 2.45) is 5.92 Å². The smallest absolute Gasteiger partial charge is 0.243 e. The van der Waals surface area contributed by atoms with Crippen molar-refractivity contribution >= 4 is 27.5 Å². The Bertz CT molecular complexity index is 746. The Morgan fingerprint density at radius 3 is 2.41 bits per heavy atom. The molecule has 2 fully saturated rings. The van der Waals surface area contributed by atoms with E-state index in [2.05, 4.69) is 5.32 Å². The van der Waals surface area contributed by atoms with Crippen LogP contribution in [0.2, 0.25) is 5.02 Å². The van der Waals surface area contributed by atoms with Gasteiger partial charge in [0.05, 0.1) is 10.8 Å². The number of nitrogens with one attached hydrogen (secondary N) is 1. The van der Waals surface area contributed by atoms with Gasteiger partial charge in [-0.1, -0.05) is 64.6 Å². The van der Waals surface area contributed by atoms with Gasteiger partial charge in [-0.05, 0) is 43.4 Å². The predicted octanol–water partition coefficient (Wildman–Crippen LogP) is 4.44. The number of hydrogen-bond donors (Lipinski definition) is 1. The first-order valence-electron chi connectivity index (χ1n) is 9.85. The number of amides is 1. The van der Waals surface area contributed by atoms with Crippen molar-refractivity contribution in [3.05, 3.63) is 50.1 Å². The fourth-order valence-electron chi connectivity index (χ4n) is 3.88. The topological polar surface area (TPSA) is 66.5 Å². The molecule has 2 aliphatic rings. The van der Waals surface area contributed by atoms with Crippen LogP contribution in [0.25, 0.3) is 0 Å². The molecular weight excluding hydrogens is 408 g/mol. The number of carbonyl (C=O) groups excluding carboxylic acids is 1. The third kappa shape index (κ3) is 6.97. The average Bonchev–Trinajstić information content (AvgIpc) is 3.09. The van der Waals surface area contributed by atoms with Crippen molar-refractivity contribution in [3.8, 4) is 0 Å². The zero-order valence-corrected chi connectivity index (χ0v) is 18.6. The van der Waals surface area contributed by atoms with E-state index in [0.717, 1.165) is 38.0 Å². The summed E-state index contributed by atoms with van der Waals surface area (Å²) >= 11 is 5.93. The zero-order valence-electron chi connectivity index (χ0n) is 17.0. The molecule has 1 N–H and O–H groups in total. The molecule has 0 bridgehead atoms. The summed E-state index contributed by atoms with van der Waals surface area (Å²) < 4.78 is 27.0. The Hall–Kier alpha value is -1.11. The molecule has 3 rings (SSSR count). The van der Waals surface area contributed by atoms with Gasteiger partial charge < -0.3 is 5.32 Å². The molecule has 1 aromatic rings. The summed E-state index contributed by atoms with van der Waals surface area (Å²) in [6.45, 7) is 1.44. The number of halogens is 1. The van der Waals surface area contributed by atoms with Crippen molar-refractivity contribution in [2.75, 3.05) is 19.6 Å². The molecule has 1 amide bonds. The standard InChI is InChI=1S/C20H28ClN2O3S.2CH2/c21-18-9-6-10-19(13-18)27(25,26)23-12-11-16(15-23)14-22-20(24)17-7-4-2-1-3-5-8-17;;/h6,9-10,13,16H,1-5,7-8,11-12,14-15H2,(H,22,24);2*1H2. The first-order valence-corrected chi connectivity index (χ1v) is 11.7. The fourth-order valence-corrected chi connectivity index (χ4v) is 5.71. The van der Waals surface area contributed by atoms with Crippen LogP contribution in [0, 0.1) is 26.7 Å². The van der Waals surface area contributed by atoms with Crippen LogP contribution in [0.15, 0.2) is 29.2 Å². The maximum atomic E-state index is 12.8. The highest BCUT2D eigenvalue weighted by Crippen LogP contribution is 2.27. The Kier molecular flexibility index (Phi) is 10.7. The summed E-state index contributed by atoms with van der Waals surface area (Å²) in [5.41, 5.74) is 0. The van der Waals surface area contributed by atoms with Gasteiger partial charge in [0.2, 0.25) is 15.9 Å². The van der Waals surface area contributed by atoms with Gasteiger partial charge in [0, 0.05) is 24.7 Å². The normalized spacial score (nSPS) is 21.3. The maximum absolute atomic E-state index is 12.8. The van der Waals surface area contributed by atoms with Crippen LogP contribution in [-0.2, 0) is 14.8 Å². The minimum Gasteiger partial charge on any atom is -0.355 e. The Morgan fingerprint density at radius 2 is 1.76 bits per heavy atom. The zero-order chi connectivity index (χ0) is 19.3. The molecule has 1 atom stereocenters. The van der Waals surface area contributed by atoms with E-state index in [-0.39, 0.29) is 31.6 Å². The van der Waals surface area contributed by atoms with Gasteiger partial charge in [0.15, 0.2) is 0 Å². The SMILES string of the molecule is O=C(NCC1CCN(S(=O)(=O)c2cccc(Cl)c2)C1)[C]1CCCCCCC1.[CH2].[CH2]. The lowest BCUT2D eigenvalue weighted by molar-refractivity contribution is -0.120. The summed E-state index contributed by atoms with van der Waals surface area (Å²) in [6.07, 6.45) is 8.42. The van der Waals surface area contributed by atoms with E-state index < -0.39 is 10.0 Å². The van der Waals surface area contributed by atoms with Crippen molar-refractivity contribution < 1.29 is 13.2 Å². The van der Waals surface area contributed by atoms with Crippen LogP contribution >= 0.6 is 11.6 Å². The van der Waals surface area contributed by atoms with Crippen LogP contribution < -0.4 is 5.32 Å². The summed E-state index contributed by atoms with van der Waals surface area (Å²) in [5.74, 6) is 1.22. The van der Waals surface area contributed by atoms with Crippen LogP contribution in [0.3, 0.4) is 0 Å². The molecule has 1 aliphatic heterocycles. The first kappa shape index (κ1) is 25.9. The summed E-state index contributed by atoms with van der Waals surface area (Å²) in [4.78, 5) is 12.7. The van der Waals surface area contributed by atoms with E-state index in [1.807, 2.05) is 0 Å². The summed E-state index contributed by atoms with van der Waals surface area (Å²) in [6, 6.07) is 6.37. The molecule has 5 radical (unpaired) electrons. The van der Waals surface area contributed by atoms with E-state index in [1.165, 1.54) is 29.6 Å². The number of carbonyl (C=O) groups is 1. The maximum Gasteiger partial charge on any atom is 0.243 e. The fraction of sp³-hybridized carbons (Fsp3) is 0.545. The van der Waals surface area contributed by atoms with Gasteiger partial charge in [-0.2, -0.15) is 4.31 Å². The lowest BCUT2D eigenvalue weighted by atomic mass is 9.90. The van der Waals surface area contributed by atoms with Crippen LogP contribution in [0.5, 0.6) is 0 Å². The highest BCUT2D eigenvalue weighted by atomic mass is 35.5. The lowest BCUT2D eigenvalue weighted by Crippen LogP contribution is -2.35. The van der Waals surface area contributed by atoms with Crippen LogP contribution in [-0.4, -0.2) is 38.3 Å². The van der Waals surface area contributed by atoms with Crippen molar-refractivity contribution in [3.63, 3.8) is 0 Å². The minimum atomic E-state index is -3.53. The molecule has 1 aliphatic carbocycles. The second-order valence-corrected chi connectivity index (χ2v) is 9.93. The second-order valence-electron chi connectivity index (χ2n) is 7.56. The van der Waals surface area contributed by atoms with Crippen molar-refractivity contribution in [1.82, 2.24) is 9.62 Å². The highest BCUT2D eigenvalue weighted by Gasteiger charge is 2.33. The van der Waals surface area contributed by atoms with Gasteiger partial charge in [-0.25, -0.2) is 8.42 Å². The molecule has 0 aromatic heterocycles. The Morgan fingerprint density at radius 1 is 1.10 bits per heavy atom. The molecule has 1 saturated heterocycles. The largest absolute Gasteiger partial charge is 0.355 e. The lowest BCUT2D eigenvalue weighted by Gasteiger charge is -2.20. The Balaban J connectivity index is 0.00000210. The van der Waals surface area contributed by atoms with Crippen molar-refractivity contribution in [2.45, 2.75) is 56.3 Å².